The van der Waals surface area contributed by atoms with Crippen molar-refractivity contribution >= 4 is 50.3 Å². The summed E-state index contributed by atoms with van der Waals surface area (Å²) >= 11 is 0. The maximum Gasteiger partial charge on any atom is 0.177 e. The van der Waals surface area contributed by atoms with Gasteiger partial charge in [0, 0.05) is 47.7 Å². The molecule has 53 heavy (non-hydrogen) atoms. The average Bonchev–Trinajstić information content (AvgIpc) is 3.68. The standard InChI is InChI=1S/C47H46N2O3.CH4/c1-27-43(50)28(2)45(52)40(44(27)51)39-31(21-25-37-46(3,4)41-33-15-11-9-13-29(33)19-23-35(41)48(37)7)17-18-32(39)22-26-38-47(5,6)42-34-16-12-10-14-30(34)20-24-36(42)49(38)8;/h9-16,19-28H,17-18H2,1-8H3;1H4/b31-21+,32-22+,37-25+,38-26+;. The topological polar surface area (TPSA) is 57.7 Å². The van der Waals surface area contributed by atoms with Crippen molar-refractivity contribution in [2.75, 3.05) is 23.9 Å². The van der Waals surface area contributed by atoms with E-state index in [0.29, 0.717) is 18.4 Å². The Morgan fingerprint density at radius 1 is 0.566 bits per heavy atom. The first kappa shape index (κ1) is 36.1. The zero-order valence-electron chi connectivity index (χ0n) is 31.4. The molecule has 0 aromatic heterocycles. The molecule has 2 unspecified atom stereocenters. The van der Waals surface area contributed by atoms with Gasteiger partial charge in [-0.2, -0.15) is 0 Å². The van der Waals surface area contributed by atoms with Crippen LogP contribution in [0.4, 0.5) is 11.4 Å². The van der Waals surface area contributed by atoms with Crippen LogP contribution in [0.25, 0.3) is 21.5 Å². The van der Waals surface area contributed by atoms with Gasteiger partial charge in [-0.1, -0.05) is 108 Å². The Bertz CT molecular complexity index is 2270. The molecule has 4 aliphatic rings. The lowest BCUT2D eigenvalue weighted by Crippen LogP contribution is -2.41. The molecule has 2 heterocycles. The summed E-state index contributed by atoms with van der Waals surface area (Å²) in [4.78, 5) is 45.4. The number of benzene rings is 4. The highest BCUT2D eigenvalue weighted by Crippen LogP contribution is 2.52. The lowest BCUT2D eigenvalue weighted by molar-refractivity contribution is -0.140. The van der Waals surface area contributed by atoms with Crippen molar-refractivity contribution in [2.45, 2.75) is 72.6 Å². The second-order valence-electron chi connectivity index (χ2n) is 16.0. The van der Waals surface area contributed by atoms with E-state index >= 15 is 0 Å². The zero-order chi connectivity index (χ0) is 36.9. The van der Waals surface area contributed by atoms with Gasteiger partial charge in [-0.05, 0) is 100 Å². The lowest BCUT2D eigenvalue weighted by Gasteiger charge is -2.26. The molecule has 2 aliphatic carbocycles. The third-order valence-corrected chi connectivity index (χ3v) is 12.4. The molecular formula is C48H50N2O3. The summed E-state index contributed by atoms with van der Waals surface area (Å²) < 4.78 is 0. The number of fused-ring (bicyclic) bond motifs is 6. The molecule has 0 spiro atoms. The second kappa shape index (κ2) is 12.7. The summed E-state index contributed by atoms with van der Waals surface area (Å²) in [5.74, 6) is -2.72. The Balaban J connectivity index is 0.00000435. The number of likely N-dealkylation sites (N-methyl/N-ethyl adjacent to an activating group) is 2. The number of anilines is 2. The fourth-order valence-electron chi connectivity index (χ4n) is 9.56. The molecule has 5 nitrogen and oxygen atoms in total. The molecule has 2 saturated carbocycles. The molecule has 0 N–H and O–H groups in total. The van der Waals surface area contributed by atoms with Crippen LogP contribution >= 0.6 is 0 Å². The number of allylic oxidation sites excluding steroid dienone is 10. The zero-order valence-corrected chi connectivity index (χ0v) is 31.4. The van der Waals surface area contributed by atoms with Crippen molar-refractivity contribution in [1.29, 1.82) is 0 Å². The molecule has 4 aromatic carbocycles. The fourth-order valence-corrected chi connectivity index (χ4v) is 9.56. The highest BCUT2D eigenvalue weighted by molar-refractivity contribution is 6.35. The van der Waals surface area contributed by atoms with Crippen LogP contribution in [0.3, 0.4) is 0 Å². The molecule has 2 atom stereocenters. The normalized spacial score (nSPS) is 25.1. The van der Waals surface area contributed by atoms with Gasteiger partial charge in [0.25, 0.3) is 0 Å². The van der Waals surface area contributed by atoms with E-state index < -0.39 is 11.8 Å². The van der Waals surface area contributed by atoms with E-state index in [1.165, 1.54) is 44.0 Å². The number of carbonyl (C=O) groups excluding carboxylic acids is 3. The van der Waals surface area contributed by atoms with E-state index in [9.17, 15) is 14.4 Å². The number of rotatable bonds is 2. The van der Waals surface area contributed by atoms with Crippen molar-refractivity contribution in [3.05, 3.63) is 142 Å². The van der Waals surface area contributed by atoms with Crippen LogP contribution < -0.4 is 9.80 Å². The summed E-state index contributed by atoms with van der Waals surface area (Å²) in [6.07, 6.45) is 9.99. The van der Waals surface area contributed by atoms with Crippen LogP contribution in [0.2, 0.25) is 0 Å². The van der Waals surface area contributed by atoms with Gasteiger partial charge in [0.1, 0.15) is 0 Å². The highest BCUT2D eigenvalue weighted by Gasteiger charge is 2.45. The summed E-state index contributed by atoms with van der Waals surface area (Å²) in [6.45, 7) is 12.4. The third kappa shape index (κ3) is 5.22. The molecule has 4 aromatic rings. The van der Waals surface area contributed by atoms with Crippen LogP contribution in [0.5, 0.6) is 0 Å². The summed E-state index contributed by atoms with van der Waals surface area (Å²) in [5, 5.41) is 4.92. The fraction of sp³-hybridized carbons (Fsp3) is 0.312. The van der Waals surface area contributed by atoms with Crippen molar-refractivity contribution < 1.29 is 14.4 Å². The molecular weight excluding hydrogens is 653 g/mol. The third-order valence-electron chi connectivity index (χ3n) is 12.4. The smallest absolute Gasteiger partial charge is 0.177 e. The minimum atomic E-state index is -0.847. The largest absolute Gasteiger partial charge is 0.347 e. The number of hydrogen-bond donors (Lipinski definition) is 0. The van der Waals surface area contributed by atoms with Gasteiger partial charge >= 0.3 is 0 Å². The molecule has 0 saturated heterocycles. The second-order valence-corrected chi connectivity index (χ2v) is 16.0. The summed E-state index contributed by atoms with van der Waals surface area (Å²) in [6, 6.07) is 25.8. The van der Waals surface area contributed by atoms with E-state index in [4.69, 9.17) is 0 Å². The minimum absolute atomic E-state index is 0. The Kier molecular flexibility index (Phi) is 8.64. The summed E-state index contributed by atoms with van der Waals surface area (Å²) in [7, 11) is 4.23. The van der Waals surface area contributed by atoms with E-state index in [2.05, 4.69) is 149 Å². The Morgan fingerprint density at radius 3 is 1.38 bits per heavy atom. The first-order valence-corrected chi connectivity index (χ1v) is 18.5. The predicted molar refractivity (Wildman–Crippen MR) is 219 cm³/mol. The van der Waals surface area contributed by atoms with Crippen molar-refractivity contribution in [3.63, 3.8) is 0 Å². The van der Waals surface area contributed by atoms with Gasteiger partial charge < -0.3 is 9.80 Å². The van der Waals surface area contributed by atoms with Crippen molar-refractivity contribution in [1.82, 2.24) is 0 Å². The number of hydrogen-bond acceptors (Lipinski definition) is 5. The molecule has 270 valence electrons. The number of ketones is 3. The van der Waals surface area contributed by atoms with Gasteiger partial charge in [0.2, 0.25) is 0 Å². The van der Waals surface area contributed by atoms with Crippen molar-refractivity contribution in [2.24, 2.45) is 11.8 Å². The van der Waals surface area contributed by atoms with Gasteiger partial charge in [0.15, 0.2) is 17.3 Å². The Hall–Kier alpha value is -5.29. The van der Waals surface area contributed by atoms with Crippen molar-refractivity contribution in [3.8, 4) is 0 Å². The maximum atomic E-state index is 13.9. The summed E-state index contributed by atoms with van der Waals surface area (Å²) in [5.41, 5.74) is 9.51. The first-order valence-electron chi connectivity index (χ1n) is 18.5. The van der Waals surface area contributed by atoms with Crippen LogP contribution in [0, 0.1) is 11.8 Å². The van der Waals surface area contributed by atoms with Crippen LogP contribution in [-0.2, 0) is 25.2 Å². The molecule has 0 radical (unpaired) electrons. The Labute approximate surface area is 314 Å². The van der Waals surface area contributed by atoms with Crippen LogP contribution in [-0.4, -0.2) is 31.4 Å². The Morgan fingerprint density at radius 2 is 0.962 bits per heavy atom. The minimum Gasteiger partial charge on any atom is -0.347 e. The van der Waals surface area contributed by atoms with E-state index in [0.717, 1.165) is 22.5 Å². The number of carbonyl (C=O) groups is 3. The van der Waals surface area contributed by atoms with E-state index in [1.807, 2.05) is 0 Å². The molecule has 8 rings (SSSR count). The SMILES string of the molecule is C.CC1C(=O)C(=C2/C(=C/C=C3/N(C)c4ccc5ccccc5c4C3(C)C)CC/C2=C\C=C2\N(C)c3ccc4ccccc4c3C2(C)C)C(=O)C(C)C1=O. The predicted octanol–water partition coefficient (Wildman–Crippen LogP) is 10.5. The lowest BCUT2D eigenvalue weighted by atomic mass is 9.74. The maximum absolute atomic E-state index is 13.9. The molecule has 5 heteroatoms. The first-order chi connectivity index (χ1) is 24.7. The highest BCUT2D eigenvalue weighted by atomic mass is 16.2. The van der Waals surface area contributed by atoms with Gasteiger partial charge in [-0.3, -0.25) is 14.4 Å². The van der Waals surface area contributed by atoms with Gasteiger partial charge in [-0.15, -0.1) is 0 Å². The molecule has 2 aliphatic heterocycles. The molecule has 0 amide bonds. The molecule has 2 fully saturated rings. The number of nitrogens with zero attached hydrogens (tertiary/aromatic N) is 2. The van der Waals surface area contributed by atoms with E-state index in [-0.39, 0.29) is 41.2 Å². The average molecular weight is 703 g/mol. The van der Waals surface area contributed by atoms with Crippen LogP contribution in [0.15, 0.2) is 131 Å². The van der Waals surface area contributed by atoms with E-state index in [1.54, 1.807) is 13.8 Å². The monoisotopic (exact) mass is 702 g/mol. The molecule has 0 bridgehead atoms. The van der Waals surface area contributed by atoms with Gasteiger partial charge in [-0.25, -0.2) is 0 Å². The number of Topliss-reactive ketones (excluding diaryl/α,β-unsaturated/α-hetero) is 3. The quantitative estimate of drug-likeness (QED) is 0.118. The van der Waals surface area contributed by atoms with Gasteiger partial charge in [0.05, 0.1) is 17.4 Å². The van der Waals surface area contributed by atoms with Crippen LogP contribution in [0.1, 0.15) is 72.9 Å².